The average molecular weight is 351 g/mol. The molecule has 7 nitrogen and oxygen atoms in total. The molecular weight excluding hydrogens is 330 g/mol. The van der Waals surface area contributed by atoms with Crippen LogP contribution in [0, 0.1) is 5.92 Å². The SMILES string of the molecule is CCCC(C(=O)O)C(Cc1cccc(-c2cccnc2)c1)c1nn[nH]n1. The van der Waals surface area contributed by atoms with Gasteiger partial charge in [-0.05, 0) is 35.6 Å². The minimum atomic E-state index is -0.829. The Hall–Kier alpha value is -3.09. The average Bonchev–Trinajstić information content (AvgIpc) is 3.20. The van der Waals surface area contributed by atoms with E-state index in [9.17, 15) is 9.90 Å². The summed E-state index contributed by atoms with van der Waals surface area (Å²) in [6.07, 6.45) is 5.43. The van der Waals surface area contributed by atoms with Gasteiger partial charge in [-0.25, -0.2) is 0 Å². The second kappa shape index (κ2) is 8.33. The van der Waals surface area contributed by atoms with Crippen molar-refractivity contribution in [3.8, 4) is 11.1 Å². The first-order chi connectivity index (χ1) is 12.7. The van der Waals surface area contributed by atoms with Gasteiger partial charge in [-0.1, -0.05) is 48.9 Å². The zero-order valence-corrected chi connectivity index (χ0v) is 14.5. The monoisotopic (exact) mass is 351 g/mol. The van der Waals surface area contributed by atoms with Crippen molar-refractivity contribution in [3.63, 3.8) is 0 Å². The number of nitrogens with zero attached hydrogens (tertiary/aromatic N) is 4. The Balaban J connectivity index is 1.91. The number of benzene rings is 1. The number of hydrogen-bond donors (Lipinski definition) is 2. The molecular formula is C19H21N5O2. The molecule has 0 radical (unpaired) electrons. The van der Waals surface area contributed by atoms with E-state index in [-0.39, 0.29) is 5.92 Å². The summed E-state index contributed by atoms with van der Waals surface area (Å²) >= 11 is 0. The van der Waals surface area contributed by atoms with E-state index < -0.39 is 11.9 Å². The molecule has 2 N–H and O–H groups in total. The highest BCUT2D eigenvalue weighted by atomic mass is 16.4. The van der Waals surface area contributed by atoms with Gasteiger partial charge in [0.25, 0.3) is 0 Å². The van der Waals surface area contributed by atoms with Crippen LogP contribution in [-0.2, 0) is 11.2 Å². The lowest BCUT2D eigenvalue weighted by atomic mass is 9.83. The summed E-state index contributed by atoms with van der Waals surface area (Å²) in [6, 6.07) is 11.9. The van der Waals surface area contributed by atoms with Crippen LogP contribution < -0.4 is 0 Å². The molecule has 0 aliphatic carbocycles. The molecule has 3 rings (SSSR count). The van der Waals surface area contributed by atoms with Crippen LogP contribution in [-0.4, -0.2) is 36.7 Å². The van der Waals surface area contributed by atoms with Crippen molar-refractivity contribution in [2.24, 2.45) is 5.92 Å². The maximum atomic E-state index is 11.8. The number of aromatic amines is 1. The summed E-state index contributed by atoms with van der Waals surface area (Å²) in [5, 5.41) is 23.9. The van der Waals surface area contributed by atoms with Gasteiger partial charge in [0.1, 0.15) is 0 Å². The topological polar surface area (TPSA) is 105 Å². The lowest BCUT2D eigenvalue weighted by molar-refractivity contribution is -0.142. The van der Waals surface area contributed by atoms with Crippen LogP contribution in [0.15, 0.2) is 48.8 Å². The highest BCUT2D eigenvalue weighted by molar-refractivity contribution is 5.71. The van der Waals surface area contributed by atoms with Gasteiger partial charge in [-0.2, -0.15) is 5.21 Å². The highest BCUT2D eigenvalue weighted by Gasteiger charge is 2.32. The summed E-state index contributed by atoms with van der Waals surface area (Å²) in [4.78, 5) is 16.0. The van der Waals surface area contributed by atoms with Crippen molar-refractivity contribution < 1.29 is 9.90 Å². The molecule has 2 heterocycles. The molecule has 1 aromatic carbocycles. The van der Waals surface area contributed by atoms with Crippen molar-refractivity contribution in [3.05, 3.63) is 60.2 Å². The Kier molecular flexibility index (Phi) is 5.68. The zero-order valence-electron chi connectivity index (χ0n) is 14.5. The van der Waals surface area contributed by atoms with Crippen molar-refractivity contribution in [1.29, 1.82) is 0 Å². The molecule has 3 aromatic rings. The Morgan fingerprint density at radius 1 is 1.23 bits per heavy atom. The van der Waals surface area contributed by atoms with Gasteiger partial charge in [0.2, 0.25) is 0 Å². The van der Waals surface area contributed by atoms with Crippen LogP contribution in [0.5, 0.6) is 0 Å². The third kappa shape index (κ3) is 4.11. The Morgan fingerprint density at radius 3 is 2.73 bits per heavy atom. The number of pyridine rings is 1. The lowest BCUT2D eigenvalue weighted by Gasteiger charge is -2.21. The van der Waals surface area contributed by atoms with E-state index in [4.69, 9.17) is 0 Å². The molecule has 0 fully saturated rings. The van der Waals surface area contributed by atoms with E-state index in [2.05, 4.69) is 31.7 Å². The second-order valence-corrected chi connectivity index (χ2v) is 6.26. The van der Waals surface area contributed by atoms with E-state index in [1.165, 1.54) is 0 Å². The molecule has 0 spiro atoms. The van der Waals surface area contributed by atoms with Gasteiger partial charge >= 0.3 is 5.97 Å². The number of rotatable bonds is 8. The lowest BCUT2D eigenvalue weighted by Crippen LogP contribution is -2.25. The van der Waals surface area contributed by atoms with E-state index in [0.717, 1.165) is 23.1 Å². The smallest absolute Gasteiger partial charge is 0.307 e. The largest absolute Gasteiger partial charge is 0.481 e. The number of hydrogen-bond acceptors (Lipinski definition) is 5. The molecule has 2 atom stereocenters. The van der Waals surface area contributed by atoms with Gasteiger partial charge in [0.15, 0.2) is 5.82 Å². The van der Waals surface area contributed by atoms with E-state index in [1.807, 2.05) is 43.5 Å². The Bertz CT molecular complexity index is 836. The number of carboxylic acid groups (broad SMARTS) is 1. The molecule has 26 heavy (non-hydrogen) atoms. The number of aliphatic carboxylic acids is 1. The molecule has 2 unspecified atom stereocenters. The van der Waals surface area contributed by atoms with Crippen LogP contribution in [0.4, 0.5) is 0 Å². The van der Waals surface area contributed by atoms with Crippen LogP contribution in [0.2, 0.25) is 0 Å². The van der Waals surface area contributed by atoms with Gasteiger partial charge in [-0.15, -0.1) is 10.2 Å². The predicted molar refractivity (Wildman–Crippen MR) is 96.3 cm³/mol. The van der Waals surface area contributed by atoms with Crippen molar-refractivity contribution in [2.75, 3.05) is 0 Å². The van der Waals surface area contributed by atoms with Gasteiger partial charge in [-0.3, -0.25) is 9.78 Å². The molecule has 0 saturated heterocycles. The highest BCUT2D eigenvalue weighted by Crippen LogP contribution is 2.31. The van der Waals surface area contributed by atoms with Crippen LogP contribution in [0.3, 0.4) is 0 Å². The molecule has 0 bridgehead atoms. The fourth-order valence-corrected chi connectivity index (χ4v) is 3.21. The van der Waals surface area contributed by atoms with Crippen LogP contribution in [0.1, 0.15) is 37.1 Å². The first-order valence-corrected chi connectivity index (χ1v) is 8.64. The number of tetrazole rings is 1. The molecule has 2 aromatic heterocycles. The van der Waals surface area contributed by atoms with Crippen molar-refractivity contribution >= 4 is 5.97 Å². The molecule has 0 saturated carbocycles. The van der Waals surface area contributed by atoms with Gasteiger partial charge in [0.05, 0.1) is 5.92 Å². The molecule has 0 aliphatic heterocycles. The van der Waals surface area contributed by atoms with E-state index in [1.54, 1.807) is 6.20 Å². The second-order valence-electron chi connectivity index (χ2n) is 6.26. The summed E-state index contributed by atoms with van der Waals surface area (Å²) < 4.78 is 0. The maximum absolute atomic E-state index is 11.8. The van der Waals surface area contributed by atoms with Crippen molar-refractivity contribution in [2.45, 2.75) is 32.1 Å². The van der Waals surface area contributed by atoms with Crippen molar-refractivity contribution in [1.82, 2.24) is 25.6 Å². The third-order valence-corrected chi connectivity index (χ3v) is 4.47. The minimum Gasteiger partial charge on any atom is -0.481 e. The van der Waals surface area contributed by atoms with E-state index in [0.29, 0.717) is 18.7 Å². The first kappa shape index (κ1) is 17.7. The summed E-state index contributed by atoms with van der Waals surface area (Å²) in [6.45, 7) is 1.98. The number of nitrogens with one attached hydrogen (secondary N) is 1. The number of H-pyrrole nitrogens is 1. The molecule has 0 amide bonds. The quantitative estimate of drug-likeness (QED) is 0.646. The summed E-state index contributed by atoms with van der Waals surface area (Å²) in [5.41, 5.74) is 3.10. The zero-order chi connectivity index (χ0) is 18.4. The van der Waals surface area contributed by atoms with Gasteiger partial charge in [0, 0.05) is 18.3 Å². The fraction of sp³-hybridized carbons (Fsp3) is 0.316. The first-order valence-electron chi connectivity index (χ1n) is 8.64. The van der Waals surface area contributed by atoms with E-state index >= 15 is 0 Å². The maximum Gasteiger partial charge on any atom is 0.307 e. The number of carbonyl (C=O) groups is 1. The molecule has 0 aliphatic rings. The standard InChI is InChI=1S/C19H21N5O2/c1-2-5-16(19(25)26)17(18-21-23-24-22-18)11-13-6-3-7-14(10-13)15-8-4-9-20-12-15/h3-4,6-10,12,16-17H,2,5,11H2,1H3,(H,25,26)(H,21,22,23,24). The number of carboxylic acids is 1. The Labute approximate surface area is 151 Å². The number of aromatic nitrogens is 5. The fourth-order valence-electron chi connectivity index (χ4n) is 3.21. The Morgan fingerprint density at radius 2 is 2.08 bits per heavy atom. The predicted octanol–water partition coefficient (Wildman–Crippen LogP) is 3.09. The normalized spacial score (nSPS) is 13.3. The summed E-state index contributed by atoms with van der Waals surface area (Å²) in [5.74, 6) is -1.28. The molecule has 134 valence electrons. The third-order valence-electron chi connectivity index (χ3n) is 4.47. The summed E-state index contributed by atoms with van der Waals surface area (Å²) in [7, 11) is 0. The van der Waals surface area contributed by atoms with Gasteiger partial charge < -0.3 is 5.11 Å². The van der Waals surface area contributed by atoms with Crippen LogP contribution >= 0.6 is 0 Å². The van der Waals surface area contributed by atoms with Crippen LogP contribution in [0.25, 0.3) is 11.1 Å². The molecule has 7 heteroatoms. The minimum absolute atomic E-state index is 0.338.